The SMILES string of the molecule is CC(C)Cc1nnc(NC2CCCCc3ccccc32)s1. The maximum absolute atomic E-state index is 4.32. The summed E-state index contributed by atoms with van der Waals surface area (Å²) < 4.78 is 0. The molecule has 0 bridgehead atoms. The second-order valence-corrected chi connectivity index (χ2v) is 7.30. The fraction of sp³-hybridized carbons (Fsp3) is 0.529. The summed E-state index contributed by atoms with van der Waals surface area (Å²) in [6.45, 7) is 4.44. The molecular weight excluding hydrogens is 278 g/mol. The summed E-state index contributed by atoms with van der Waals surface area (Å²) in [6.07, 6.45) is 5.94. The van der Waals surface area contributed by atoms with Crippen LogP contribution >= 0.6 is 11.3 Å². The van der Waals surface area contributed by atoms with Gasteiger partial charge in [0.05, 0.1) is 6.04 Å². The third-order valence-corrected chi connectivity index (χ3v) is 4.84. The van der Waals surface area contributed by atoms with Crippen molar-refractivity contribution in [1.29, 1.82) is 0 Å². The molecule has 1 N–H and O–H groups in total. The normalized spacial score (nSPS) is 18.3. The van der Waals surface area contributed by atoms with E-state index >= 15 is 0 Å². The fourth-order valence-corrected chi connectivity index (χ4v) is 3.97. The van der Waals surface area contributed by atoms with Crippen molar-refractivity contribution in [2.45, 2.75) is 52.0 Å². The van der Waals surface area contributed by atoms with Crippen molar-refractivity contribution in [2.75, 3.05) is 5.32 Å². The number of aryl methyl sites for hydroxylation is 1. The molecule has 21 heavy (non-hydrogen) atoms. The van der Waals surface area contributed by atoms with Gasteiger partial charge in [-0.15, -0.1) is 10.2 Å². The van der Waals surface area contributed by atoms with Crippen LogP contribution in [0.3, 0.4) is 0 Å². The molecule has 112 valence electrons. The Kier molecular flexibility index (Phi) is 4.54. The van der Waals surface area contributed by atoms with Crippen LogP contribution in [-0.4, -0.2) is 10.2 Å². The molecule has 0 spiro atoms. The Hall–Kier alpha value is -1.42. The smallest absolute Gasteiger partial charge is 0.206 e. The van der Waals surface area contributed by atoms with E-state index in [0.29, 0.717) is 12.0 Å². The molecule has 0 saturated heterocycles. The number of rotatable bonds is 4. The van der Waals surface area contributed by atoms with Gasteiger partial charge in [-0.2, -0.15) is 0 Å². The van der Waals surface area contributed by atoms with E-state index in [4.69, 9.17) is 0 Å². The van der Waals surface area contributed by atoms with Gasteiger partial charge in [-0.1, -0.05) is 55.9 Å². The lowest BCUT2D eigenvalue weighted by Gasteiger charge is -2.18. The van der Waals surface area contributed by atoms with E-state index in [1.165, 1.54) is 36.8 Å². The van der Waals surface area contributed by atoms with Crippen LogP contribution < -0.4 is 5.32 Å². The predicted octanol–water partition coefficient (Wildman–Crippen LogP) is 4.62. The Labute approximate surface area is 130 Å². The average Bonchev–Trinajstić information content (AvgIpc) is 2.78. The molecule has 2 aromatic rings. The molecule has 0 saturated carbocycles. The zero-order valence-corrected chi connectivity index (χ0v) is 13.6. The van der Waals surface area contributed by atoms with Crippen LogP contribution in [0.2, 0.25) is 0 Å². The molecule has 3 rings (SSSR count). The van der Waals surface area contributed by atoms with E-state index in [9.17, 15) is 0 Å². The van der Waals surface area contributed by atoms with Crippen LogP contribution in [-0.2, 0) is 12.8 Å². The lowest BCUT2D eigenvalue weighted by atomic mass is 9.99. The summed E-state index contributed by atoms with van der Waals surface area (Å²) in [7, 11) is 0. The minimum absolute atomic E-state index is 0.378. The van der Waals surface area contributed by atoms with Gasteiger partial charge in [0, 0.05) is 6.42 Å². The highest BCUT2D eigenvalue weighted by atomic mass is 32.1. The van der Waals surface area contributed by atoms with Crippen molar-refractivity contribution in [3.8, 4) is 0 Å². The van der Waals surface area contributed by atoms with Gasteiger partial charge in [0.25, 0.3) is 0 Å². The number of anilines is 1. The summed E-state index contributed by atoms with van der Waals surface area (Å²) >= 11 is 1.70. The molecule has 1 aliphatic rings. The summed E-state index contributed by atoms with van der Waals surface area (Å²) in [5.41, 5.74) is 2.93. The summed E-state index contributed by atoms with van der Waals surface area (Å²) in [5.74, 6) is 0.629. The molecule has 1 aliphatic carbocycles. The van der Waals surface area contributed by atoms with Crippen LogP contribution in [0.5, 0.6) is 0 Å². The Bertz CT molecular complexity index is 591. The number of fused-ring (bicyclic) bond motifs is 1. The van der Waals surface area contributed by atoms with Gasteiger partial charge in [-0.25, -0.2) is 0 Å². The highest BCUT2D eigenvalue weighted by Crippen LogP contribution is 2.32. The zero-order valence-electron chi connectivity index (χ0n) is 12.8. The fourth-order valence-electron chi connectivity index (χ4n) is 2.96. The first kappa shape index (κ1) is 14.5. The first-order chi connectivity index (χ1) is 10.2. The van der Waals surface area contributed by atoms with Crippen molar-refractivity contribution >= 4 is 16.5 Å². The minimum Gasteiger partial charge on any atom is -0.353 e. The molecule has 1 aromatic carbocycles. The maximum Gasteiger partial charge on any atom is 0.206 e. The lowest BCUT2D eigenvalue weighted by Crippen LogP contribution is -2.11. The highest BCUT2D eigenvalue weighted by Gasteiger charge is 2.19. The van der Waals surface area contributed by atoms with Crippen molar-refractivity contribution in [2.24, 2.45) is 5.92 Å². The van der Waals surface area contributed by atoms with Gasteiger partial charge in [0.2, 0.25) is 5.13 Å². The highest BCUT2D eigenvalue weighted by molar-refractivity contribution is 7.15. The summed E-state index contributed by atoms with van der Waals surface area (Å²) in [5, 5.41) is 14.3. The standard InChI is InChI=1S/C17H23N3S/c1-12(2)11-16-19-20-17(21-16)18-15-10-6-4-8-13-7-3-5-9-14(13)15/h3,5,7,9,12,15H,4,6,8,10-11H2,1-2H3,(H,18,20). The largest absolute Gasteiger partial charge is 0.353 e. The zero-order chi connectivity index (χ0) is 14.7. The first-order valence-electron chi connectivity index (χ1n) is 7.89. The number of aromatic nitrogens is 2. The number of hydrogen-bond donors (Lipinski definition) is 1. The van der Waals surface area contributed by atoms with Crippen LogP contribution in [0.4, 0.5) is 5.13 Å². The second-order valence-electron chi connectivity index (χ2n) is 6.24. The van der Waals surface area contributed by atoms with E-state index in [0.717, 1.165) is 16.6 Å². The predicted molar refractivity (Wildman–Crippen MR) is 88.8 cm³/mol. The first-order valence-corrected chi connectivity index (χ1v) is 8.70. The Morgan fingerprint density at radius 3 is 2.95 bits per heavy atom. The van der Waals surface area contributed by atoms with Gasteiger partial charge in [0.1, 0.15) is 5.01 Å². The van der Waals surface area contributed by atoms with Gasteiger partial charge in [0.15, 0.2) is 0 Å². The molecule has 4 heteroatoms. The number of nitrogens with zero attached hydrogens (tertiary/aromatic N) is 2. The minimum atomic E-state index is 0.378. The molecule has 0 radical (unpaired) electrons. The molecule has 3 nitrogen and oxygen atoms in total. The van der Waals surface area contributed by atoms with Gasteiger partial charge in [-0.05, 0) is 36.3 Å². The maximum atomic E-state index is 4.32. The van der Waals surface area contributed by atoms with E-state index in [2.05, 4.69) is 53.6 Å². The van der Waals surface area contributed by atoms with Crippen molar-refractivity contribution in [3.05, 3.63) is 40.4 Å². The second kappa shape index (κ2) is 6.56. The topological polar surface area (TPSA) is 37.8 Å². The van der Waals surface area contributed by atoms with Crippen LogP contribution in [0.25, 0.3) is 0 Å². The van der Waals surface area contributed by atoms with Crippen molar-refractivity contribution < 1.29 is 0 Å². The molecular formula is C17H23N3S. The van der Waals surface area contributed by atoms with E-state index in [1.807, 2.05) is 0 Å². The van der Waals surface area contributed by atoms with Gasteiger partial charge >= 0.3 is 0 Å². The van der Waals surface area contributed by atoms with Crippen molar-refractivity contribution in [3.63, 3.8) is 0 Å². The van der Waals surface area contributed by atoms with E-state index < -0.39 is 0 Å². The molecule has 0 amide bonds. The van der Waals surface area contributed by atoms with Crippen LogP contribution in [0.15, 0.2) is 24.3 Å². The molecule has 0 fully saturated rings. The van der Waals surface area contributed by atoms with Crippen LogP contribution in [0.1, 0.15) is 55.3 Å². The molecule has 0 aliphatic heterocycles. The van der Waals surface area contributed by atoms with Crippen molar-refractivity contribution in [1.82, 2.24) is 10.2 Å². The number of nitrogens with one attached hydrogen (secondary N) is 1. The quantitative estimate of drug-likeness (QED) is 0.838. The number of hydrogen-bond acceptors (Lipinski definition) is 4. The number of benzene rings is 1. The Balaban J connectivity index is 1.76. The third-order valence-electron chi connectivity index (χ3n) is 3.97. The van der Waals surface area contributed by atoms with E-state index in [1.54, 1.807) is 11.3 Å². The third kappa shape index (κ3) is 3.62. The van der Waals surface area contributed by atoms with Gasteiger partial charge < -0.3 is 5.32 Å². The van der Waals surface area contributed by atoms with Gasteiger partial charge in [-0.3, -0.25) is 0 Å². The molecule has 1 atom stereocenters. The summed E-state index contributed by atoms with van der Waals surface area (Å²) in [4.78, 5) is 0. The Morgan fingerprint density at radius 1 is 1.24 bits per heavy atom. The summed E-state index contributed by atoms with van der Waals surface area (Å²) in [6, 6.07) is 9.19. The molecule has 1 heterocycles. The van der Waals surface area contributed by atoms with Crippen LogP contribution in [0, 0.1) is 5.92 Å². The average molecular weight is 301 g/mol. The molecule has 1 unspecified atom stereocenters. The molecule has 1 aromatic heterocycles. The Morgan fingerprint density at radius 2 is 2.10 bits per heavy atom. The monoisotopic (exact) mass is 301 g/mol. The lowest BCUT2D eigenvalue weighted by molar-refractivity contribution is 0.637. The van der Waals surface area contributed by atoms with E-state index in [-0.39, 0.29) is 0 Å².